The van der Waals surface area contributed by atoms with Gasteiger partial charge in [0.1, 0.15) is 6.04 Å². The summed E-state index contributed by atoms with van der Waals surface area (Å²) in [6.45, 7) is 4.95. The van der Waals surface area contributed by atoms with Crippen LogP contribution in [-0.2, 0) is 15.0 Å². The minimum atomic E-state index is -3.50. The van der Waals surface area contributed by atoms with Crippen molar-refractivity contribution in [2.24, 2.45) is 0 Å². The smallest absolute Gasteiger partial charge is 0.282 e. The number of carbonyl (C=O) groups is 1. The molecule has 0 aromatic rings. The predicted octanol–water partition coefficient (Wildman–Crippen LogP) is 0.316. The molecule has 1 aliphatic heterocycles. The SMILES string of the molecule is CCN(CC)S(=O)(=O)N1CCC[C@H]1C(=O)NC1CC1. The molecule has 2 fully saturated rings. The highest BCUT2D eigenvalue weighted by Crippen LogP contribution is 2.25. The maximum absolute atomic E-state index is 12.5. The van der Waals surface area contributed by atoms with Crippen molar-refractivity contribution in [3.8, 4) is 0 Å². The standard InChI is InChI=1S/C12H23N3O3S/c1-3-14(4-2)19(17,18)15-9-5-6-11(15)12(16)13-10-7-8-10/h10-11H,3-9H2,1-2H3,(H,13,16)/t11-/m0/s1. The van der Waals surface area contributed by atoms with Crippen molar-refractivity contribution < 1.29 is 13.2 Å². The number of nitrogens with one attached hydrogen (secondary N) is 1. The Balaban J connectivity index is 2.10. The Kier molecular flexibility index (Phi) is 4.47. The summed E-state index contributed by atoms with van der Waals surface area (Å²) in [5.41, 5.74) is 0. The number of amides is 1. The quantitative estimate of drug-likeness (QED) is 0.765. The van der Waals surface area contributed by atoms with Crippen LogP contribution in [0, 0.1) is 0 Å². The average molecular weight is 289 g/mol. The summed E-state index contributed by atoms with van der Waals surface area (Å²) < 4.78 is 27.8. The van der Waals surface area contributed by atoms with Gasteiger partial charge in [0.2, 0.25) is 5.91 Å². The first-order chi connectivity index (χ1) is 9.00. The molecule has 1 aliphatic carbocycles. The molecule has 0 spiro atoms. The molecule has 2 rings (SSSR count). The first-order valence-electron chi connectivity index (χ1n) is 7.08. The van der Waals surface area contributed by atoms with E-state index in [0.717, 1.165) is 19.3 Å². The summed E-state index contributed by atoms with van der Waals surface area (Å²) in [6.07, 6.45) is 3.41. The molecule has 0 aromatic carbocycles. The van der Waals surface area contributed by atoms with E-state index in [1.807, 2.05) is 13.8 Å². The normalized spacial score (nSPS) is 24.9. The van der Waals surface area contributed by atoms with Crippen LogP contribution in [0.2, 0.25) is 0 Å². The fourth-order valence-corrected chi connectivity index (χ4v) is 4.33. The van der Waals surface area contributed by atoms with E-state index in [1.165, 1.54) is 8.61 Å². The van der Waals surface area contributed by atoms with E-state index >= 15 is 0 Å². The van der Waals surface area contributed by atoms with Gasteiger partial charge in [-0.05, 0) is 25.7 Å². The third-order valence-electron chi connectivity index (χ3n) is 3.76. The first kappa shape index (κ1) is 14.7. The van der Waals surface area contributed by atoms with E-state index in [4.69, 9.17) is 0 Å². The Labute approximate surface area is 115 Å². The van der Waals surface area contributed by atoms with Crippen molar-refractivity contribution in [2.45, 2.75) is 51.6 Å². The summed E-state index contributed by atoms with van der Waals surface area (Å²) in [4.78, 5) is 12.1. The molecule has 0 aromatic heterocycles. The molecule has 19 heavy (non-hydrogen) atoms. The topological polar surface area (TPSA) is 69.7 Å². The molecule has 1 atom stereocenters. The lowest BCUT2D eigenvalue weighted by molar-refractivity contribution is -0.124. The minimum absolute atomic E-state index is 0.129. The van der Waals surface area contributed by atoms with Gasteiger partial charge >= 0.3 is 0 Å². The lowest BCUT2D eigenvalue weighted by Crippen LogP contribution is -2.51. The van der Waals surface area contributed by atoms with Crippen LogP contribution in [0.5, 0.6) is 0 Å². The van der Waals surface area contributed by atoms with E-state index in [0.29, 0.717) is 26.1 Å². The van der Waals surface area contributed by atoms with Gasteiger partial charge in [-0.15, -0.1) is 0 Å². The molecule has 1 heterocycles. The van der Waals surface area contributed by atoms with Gasteiger partial charge in [-0.1, -0.05) is 13.8 Å². The maximum Gasteiger partial charge on any atom is 0.282 e. The number of rotatable bonds is 6. The highest BCUT2D eigenvalue weighted by atomic mass is 32.2. The van der Waals surface area contributed by atoms with Crippen molar-refractivity contribution in [3.05, 3.63) is 0 Å². The number of carbonyl (C=O) groups excluding carboxylic acids is 1. The Morgan fingerprint density at radius 1 is 1.26 bits per heavy atom. The lowest BCUT2D eigenvalue weighted by atomic mass is 10.2. The van der Waals surface area contributed by atoms with E-state index in [9.17, 15) is 13.2 Å². The monoisotopic (exact) mass is 289 g/mol. The predicted molar refractivity (Wildman–Crippen MR) is 72.7 cm³/mol. The Morgan fingerprint density at radius 2 is 1.89 bits per heavy atom. The Hall–Kier alpha value is -0.660. The molecule has 1 saturated carbocycles. The molecule has 0 radical (unpaired) electrons. The van der Waals surface area contributed by atoms with Gasteiger partial charge in [0.05, 0.1) is 0 Å². The van der Waals surface area contributed by atoms with Gasteiger partial charge in [0.15, 0.2) is 0 Å². The zero-order chi connectivity index (χ0) is 14.0. The molecule has 1 saturated heterocycles. The molecular weight excluding hydrogens is 266 g/mol. The number of hydrogen-bond donors (Lipinski definition) is 1. The van der Waals surface area contributed by atoms with Crippen molar-refractivity contribution in [1.82, 2.24) is 13.9 Å². The van der Waals surface area contributed by atoms with Gasteiger partial charge in [0, 0.05) is 25.7 Å². The fourth-order valence-electron chi connectivity index (χ4n) is 2.50. The zero-order valence-electron chi connectivity index (χ0n) is 11.6. The maximum atomic E-state index is 12.5. The summed E-state index contributed by atoms with van der Waals surface area (Å²) in [6, 6.07) is -0.252. The van der Waals surface area contributed by atoms with Crippen molar-refractivity contribution >= 4 is 16.1 Å². The van der Waals surface area contributed by atoms with E-state index in [2.05, 4.69) is 5.32 Å². The van der Waals surface area contributed by atoms with E-state index in [1.54, 1.807) is 0 Å². The summed E-state index contributed by atoms with van der Waals surface area (Å²) in [5.74, 6) is -0.129. The van der Waals surface area contributed by atoms with Crippen molar-refractivity contribution in [2.75, 3.05) is 19.6 Å². The second-order valence-electron chi connectivity index (χ2n) is 5.14. The molecule has 2 aliphatic rings. The van der Waals surface area contributed by atoms with Gasteiger partial charge in [-0.2, -0.15) is 17.0 Å². The molecule has 1 amide bonds. The van der Waals surface area contributed by atoms with Gasteiger partial charge in [-0.3, -0.25) is 4.79 Å². The summed E-state index contributed by atoms with van der Waals surface area (Å²) >= 11 is 0. The molecule has 0 bridgehead atoms. The van der Waals surface area contributed by atoms with Crippen LogP contribution in [0.4, 0.5) is 0 Å². The van der Waals surface area contributed by atoms with Crippen LogP contribution in [0.25, 0.3) is 0 Å². The van der Waals surface area contributed by atoms with Crippen molar-refractivity contribution in [3.63, 3.8) is 0 Å². The van der Waals surface area contributed by atoms with Gasteiger partial charge < -0.3 is 5.32 Å². The number of hydrogen-bond acceptors (Lipinski definition) is 3. The van der Waals surface area contributed by atoms with Crippen LogP contribution < -0.4 is 5.32 Å². The Bertz CT molecular complexity index is 430. The second kappa shape index (κ2) is 5.76. The molecule has 6 nitrogen and oxygen atoms in total. The van der Waals surface area contributed by atoms with Crippen LogP contribution in [-0.4, -0.2) is 54.7 Å². The van der Waals surface area contributed by atoms with E-state index < -0.39 is 16.3 Å². The zero-order valence-corrected chi connectivity index (χ0v) is 12.4. The van der Waals surface area contributed by atoms with Crippen LogP contribution in [0.3, 0.4) is 0 Å². The molecular formula is C12H23N3O3S. The highest BCUT2D eigenvalue weighted by Gasteiger charge is 2.41. The first-order valence-corrected chi connectivity index (χ1v) is 8.47. The third kappa shape index (κ3) is 3.09. The largest absolute Gasteiger partial charge is 0.352 e. The van der Waals surface area contributed by atoms with Crippen LogP contribution in [0.15, 0.2) is 0 Å². The van der Waals surface area contributed by atoms with Crippen molar-refractivity contribution in [1.29, 1.82) is 0 Å². The summed E-state index contributed by atoms with van der Waals surface area (Å²) in [7, 11) is -3.50. The fraction of sp³-hybridized carbons (Fsp3) is 0.917. The van der Waals surface area contributed by atoms with Gasteiger partial charge in [-0.25, -0.2) is 0 Å². The lowest BCUT2D eigenvalue weighted by Gasteiger charge is -2.29. The van der Waals surface area contributed by atoms with Crippen LogP contribution in [0.1, 0.15) is 39.5 Å². The summed E-state index contributed by atoms with van der Waals surface area (Å²) in [5, 5.41) is 2.91. The third-order valence-corrected chi connectivity index (χ3v) is 5.96. The number of nitrogens with zero attached hydrogens (tertiary/aromatic N) is 2. The Morgan fingerprint density at radius 3 is 2.42 bits per heavy atom. The highest BCUT2D eigenvalue weighted by molar-refractivity contribution is 7.86. The van der Waals surface area contributed by atoms with E-state index in [-0.39, 0.29) is 11.9 Å². The molecule has 7 heteroatoms. The van der Waals surface area contributed by atoms with Gasteiger partial charge in [0.25, 0.3) is 10.2 Å². The second-order valence-corrected chi connectivity index (χ2v) is 7.02. The molecule has 0 unspecified atom stereocenters. The molecule has 1 N–H and O–H groups in total. The van der Waals surface area contributed by atoms with Crippen LogP contribution >= 0.6 is 0 Å². The average Bonchev–Trinajstić information content (AvgIpc) is 3.03. The minimum Gasteiger partial charge on any atom is -0.352 e. The molecule has 110 valence electrons.